The van der Waals surface area contributed by atoms with E-state index in [1.807, 2.05) is 0 Å². The lowest BCUT2D eigenvalue weighted by molar-refractivity contribution is -0.124. The number of amides is 1. The molecule has 1 amide bonds. The third-order valence-electron chi connectivity index (χ3n) is 4.13. The van der Waals surface area contributed by atoms with Gasteiger partial charge >= 0.3 is 0 Å². The molecule has 1 N–H and O–H groups in total. The fraction of sp³-hybridized carbons (Fsp3) is 0.375. The van der Waals surface area contributed by atoms with Gasteiger partial charge in [0.1, 0.15) is 11.9 Å². The predicted molar refractivity (Wildman–Crippen MR) is 88.6 cm³/mol. The normalized spacial score (nSPS) is 18.4. The first kappa shape index (κ1) is 17.6. The minimum absolute atomic E-state index is 0.00913. The summed E-state index contributed by atoms with van der Waals surface area (Å²) in [5.41, 5.74) is 0. The number of sulfonamides is 1. The van der Waals surface area contributed by atoms with Crippen LogP contribution in [-0.4, -0.2) is 47.5 Å². The highest BCUT2D eigenvalue weighted by molar-refractivity contribution is 7.89. The second-order valence-electron chi connectivity index (χ2n) is 5.79. The highest BCUT2D eigenvalue weighted by Gasteiger charge is 2.39. The zero-order chi connectivity index (χ0) is 17.9. The van der Waals surface area contributed by atoms with Crippen LogP contribution in [0.3, 0.4) is 0 Å². The van der Waals surface area contributed by atoms with Gasteiger partial charge in [0.25, 0.3) is 0 Å². The Kier molecular flexibility index (Phi) is 5.14. The van der Waals surface area contributed by atoms with Gasteiger partial charge in [-0.2, -0.15) is 9.40 Å². The maximum Gasteiger partial charge on any atom is 0.243 e. The molecule has 0 radical (unpaired) electrons. The molecule has 3 rings (SSSR count). The van der Waals surface area contributed by atoms with E-state index in [0.717, 1.165) is 12.1 Å². The third kappa shape index (κ3) is 3.88. The molecule has 0 bridgehead atoms. The van der Waals surface area contributed by atoms with E-state index < -0.39 is 21.9 Å². The van der Waals surface area contributed by atoms with E-state index in [9.17, 15) is 17.6 Å². The highest BCUT2D eigenvalue weighted by Crippen LogP contribution is 2.26. The number of carbonyl (C=O) groups excluding carboxylic acids is 1. The van der Waals surface area contributed by atoms with Crippen LogP contribution in [0.5, 0.6) is 0 Å². The van der Waals surface area contributed by atoms with Gasteiger partial charge in [-0.25, -0.2) is 12.8 Å². The monoisotopic (exact) mass is 366 g/mol. The summed E-state index contributed by atoms with van der Waals surface area (Å²) < 4.78 is 41.4. The van der Waals surface area contributed by atoms with Gasteiger partial charge in [-0.1, -0.05) is 0 Å². The Balaban J connectivity index is 1.66. The maximum absolute atomic E-state index is 13.0. The van der Waals surface area contributed by atoms with Crippen molar-refractivity contribution < 1.29 is 17.6 Å². The molecule has 1 aliphatic heterocycles. The van der Waals surface area contributed by atoms with Crippen LogP contribution in [0.2, 0.25) is 0 Å². The van der Waals surface area contributed by atoms with E-state index >= 15 is 0 Å². The van der Waals surface area contributed by atoms with Gasteiger partial charge in [-0.15, -0.1) is 0 Å². The number of aromatic nitrogens is 2. The van der Waals surface area contributed by atoms with Gasteiger partial charge in [0.05, 0.1) is 11.4 Å². The molecule has 7 nitrogen and oxygen atoms in total. The fourth-order valence-electron chi connectivity index (χ4n) is 2.88. The summed E-state index contributed by atoms with van der Waals surface area (Å²) in [6.45, 7) is 1.15. The predicted octanol–water partition coefficient (Wildman–Crippen LogP) is 0.992. The molecule has 1 fully saturated rings. The van der Waals surface area contributed by atoms with E-state index in [1.165, 1.54) is 16.4 Å². The summed E-state index contributed by atoms with van der Waals surface area (Å²) in [6.07, 6.45) is 4.51. The quantitative estimate of drug-likeness (QED) is 0.826. The summed E-state index contributed by atoms with van der Waals surface area (Å²) >= 11 is 0. The van der Waals surface area contributed by atoms with Gasteiger partial charge in [0.2, 0.25) is 15.9 Å². The highest BCUT2D eigenvalue weighted by atomic mass is 32.2. The molecule has 1 aromatic heterocycles. The molecule has 1 aromatic carbocycles. The largest absolute Gasteiger partial charge is 0.353 e. The average molecular weight is 366 g/mol. The topological polar surface area (TPSA) is 84.3 Å². The van der Waals surface area contributed by atoms with Crippen LogP contribution in [-0.2, 0) is 21.4 Å². The van der Waals surface area contributed by atoms with Crippen molar-refractivity contribution in [3.05, 3.63) is 48.5 Å². The Hall–Kier alpha value is -2.26. The van der Waals surface area contributed by atoms with Crippen LogP contribution in [0.4, 0.5) is 4.39 Å². The number of nitrogens with zero attached hydrogens (tertiary/aromatic N) is 3. The molecular formula is C16H19FN4O3S. The zero-order valence-electron chi connectivity index (χ0n) is 13.5. The summed E-state index contributed by atoms with van der Waals surface area (Å²) in [5, 5.41) is 6.80. The van der Waals surface area contributed by atoms with Crippen molar-refractivity contribution in [2.24, 2.45) is 0 Å². The van der Waals surface area contributed by atoms with Gasteiger partial charge in [0, 0.05) is 25.5 Å². The molecule has 1 atom stereocenters. The van der Waals surface area contributed by atoms with Crippen molar-refractivity contribution in [3.63, 3.8) is 0 Å². The first-order valence-electron chi connectivity index (χ1n) is 8.01. The van der Waals surface area contributed by atoms with Crippen LogP contribution in [0.1, 0.15) is 12.8 Å². The van der Waals surface area contributed by atoms with Gasteiger partial charge in [0.15, 0.2) is 0 Å². The van der Waals surface area contributed by atoms with Crippen molar-refractivity contribution in [1.82, 2.24) is 19.4 Å². The van der Waals surface area contributed by atoms with Crippen LogP contribution < -0.4 is 5.32 Å². The van der Waals surface area contributed by atoms with Crippen molar-refractivity contribution in [3.8, 4) is 0 Å². The summed E-state index contributed by atoms with van der Waals surface area (Å²) in [5.74, 6) is -0.830. The fourth-order valence-corrected chi connectivity index (χ4v) is 4.53. The SMILES string of the molecule is O=C(NCCn1cccn1)C1CCCN1S(=O)(=O)c1ccc(F)cc1. The summed E-state index contributed by atoms with van der Waals surface area (Å²) in [4.78, 5) is 12.4. The minimum Gasteiger partial charge on any atom is -0.353 e. The Bertz CT molecular complexity index is 822. The lowest BCUT2D eigenvalue weighted by Gasteiger charge is -2.23. The average Bonchev–Trinajstić information content (AvgIpc) is 3.27. The van der Waals surface area contributed by atoms with E-state index in [2.05, 4.69) is 10.4 Å². The molecule has 1 saturated heterocycles. The van der Waals surface area contributed by atoms with Crippen LogP contribution in [0.15, 0.2) is 47.6 Å². The maximum atomic E-state index is 13.0. The molecule has 9 heteroatoms. The molecule has 25 heavy (non-hydrogen) atoms. The first-order chi connectivity index (χ1) is 12.0. The Morgan fingerprint density at radius 1 is 1.32 bits per heavy atom. The number of halogens is 1. The zero-order valence-corrected chi connectivity index (χ0v) is 14.3. The van der Waals surface area contributed by atoms with E-state index in [0.29, 0.717) is 25.9 Å². The lowest BCUT2D eigenvalue weighted by Crippen LogP contribution is -2.46. The molecule has 2 heterocycles. The second-order valence-corrected chi connectivity index (χ2v) is 7.68. The van der Waals surface area contributed by atoms with Crippen molar-refractivity contribution in [1.29, 1.82) is 0 Å². The molecule has 0 aliphatic carbocycles. The number of rotatable bonds is 6. The number of hydrogen-bond acceptors (Lipinski definition) is 4. The van der Waals surface area contributed by atoms with Crippen molar-refractivity contribution in [2.45, 2.75) is 30.3 Å². The van der Waals surface area contributed by atoms with E-state index in [4.69, 9.17) is 0 Å². The molecule has 0 spiro atoms. The van der Waals surface area contributed by atoms with Gasteiger partial charge < -0.3 is 5.32 Å². The van der Waals surface area contributed by atoms with Crippen molar-refractivity contribution in [2.75, 3.05) is 13.1 Å². The van der Waals surface area contributed by atoms with E-state index in [-0.39, 0.29) is 17.3 Å². The molecule has 0 saturated carbocycles. The molecule has 2 aromatic rings. The number of hydrogen-bond donors (Lipinski definition) is 1. The standard InChI is InChI=1S/C16H19FN4O3S/c17-13-4-6-14(7-5-13)25(23,24)21-11-1-3-15(21)16(22)18-9-12-20-10-2-8-19-20/h2,4-8,10,15H,1,3,9,11-12H2,(H,18,22). The van der Waals surface area contributed by atoms with Gasteiger partial charge in [-0.05, 0) is 43.2 Å². The number of benzene rings is 1. The van der Waals surface area contributed by atoms with Crippen LogP contribution in [0.25, 0.3) is 0 Å². The van der Waals surface area contributed by atoms with Crippen molar-refractivity contribution >= 4 is 15.9 Å². The molecule has 1 aliphatic rings. The first-order valence-corrected chi connectivity index (χ1v) is 9.45. The van der Waals surface area contributed by atoms with Gasteiger partial charge in [-0.3, -0.25) is 9.48 Å². The number of carbonyl (C=O) groups is 1. The Morgan fingerprint density at radius 2 is 2.08 bits per heavy atom. The lowest BCUT2D eigenvalue weighted by atomic mass is 10.2. The summed E-state index contributed by atoms with van der Waals surface area (Å²) in [7, 11) is -3.83. The Labute approximate surface area is 145 Å². The van der Waals surface area contributed by atoms with Crippen LogP contribution >= 0.6 is 0 Å². The molecular weight excluding hydrogens is 347 g/mol. The molecule has 1 unspecified atom stereocenters. The smallest absolute Gasteiger partial charge is 0.243 e. The second kappa shape index (κ2) is 7.32. The minimum atomic E-state index is -3.83. The number of nitrogens with one attached hydrogen (secondary N) is 1. The molecule has 134 valence electrons. The Morgan fingerprint density at radius 3 is 2.76 bits per heavy atom. The van der Waals surface area contributed by atoms with E-state index in [1.54, 1.807) is 23.1 Å². The summed E-state index contributed by atoms with van der Waals surface area (Å²) in [6, 6.07) is 5.68. The van der Waals surface area contributed by atoms with Crippen LogP contribution in [0, 0.1) is 5.82 Å². The third-order valence-corrected chi connectivity index (χ3v) is 6.05.